The van der Waals surface area contributed by atoms with Crippen molar-refractivity contribution in [3.05, 3.63) is 35.7 Å². The first-order chi connectivity index (χ1) is 7.66. The standard InChI is InChI=1S/C10H9N3O3/c1-6-11-10(16-13-6)12-9(15)7-4-2-3-5-8(7)14/h2-5,14H,1H3,(H,11,12,13,15). The zero-order valence-electron chi connectivity index (χ0n) is 8.47. The van der Waals surface area contributed by atoms with Gasteiger partial charge in [0.2, 0.25) is 0 Å². The van der Waals surface area contributed by atoms with Crippen molar-refractivity contribution >= 4 is 11.9 Å². The Morgan fingerprint density at radius 3 is 2.81 bits per heavy atom. The van der Waals surface area contributed by atoms with Gasteiger partial charge in [-0.25, -0.2) is 0 Å². The predicted molar refractivity (Wildman–Crippen MR) is 55.1 cm³/mol. The molecule has 0 atom stereocenters. The lowest BCUT2D eigenvalue weighted by Crippen LogP contribution is -2.12. The van der Waals surface area contributed by atoms with E-state index in [1.807, 2.05) is 0 Å². The Labute approximate surface area is 90.9 Å². The van der Waals surface area contributed by atoms with Crippen LogP contribution >= 0.6 is 0 Å². The van der Waals surface area contributed by atoms with E-state index in [0.717, 1.165) is 0 Å². The summed E-state index contributed by atoms with van der Waals surface area (Å²) in [7, 11) is 0. The van der Waals surface area contributed by atoms with Gasteiger partial charge < -0.3 is 9.63 Å². The topological polar surface area (TPSA) is 88.2 Å². The van der Waals surface area contributed by atoms with Crippen LogP contribution < -0.4 is 5.32 Å². The fourth-order valence-corrected chi connectivity index (χ4v) is 1.18. The Balaban J connectivity index is 2.18. The van der Waals surface area contributed by atoms with Crippen LogP contribution in [0.2, 0.25) is 0 Å². The average molecular weight is 219 g/mol. The summed E-state index contributed by atoms with van der Waals surface area (Å²) in [6, 6.07) is 6.20. The van der Waals surface area contributed by atoms with E-state index in [4.69, 9.17) is 4.52 Å². The molecular formula is C10H9N3O3. The summed E-state index contributed by atoms with van der Waals surface area (Å²) in [5.41, 5.74) is 0.151. The Morgan fingerprint density at radius 1 is 1.44 bits per heavy atom. The number of nitrogens with zero attached hydrogens (tertiary/aromatic N) is 2. The highest BCUT2D eigenvalue weighted by molar-refractivity contribution is 6.04. The predicted octanol–water partition coefficient (Wildman–Crippen LogP) is 1.34. The molecule has 0 radical (unpaired) electrons. The van der Waals surface area contributed by atoms with Crippen LogP contribution in [0, 0.1) is 6.92 Å². The molecule has 0 aliphatic heterocycles. The minimum absolute atomic E-state index is 0.00533. The van der Waals surface area contributed by atoms with Gasteiger partial charge in [-0.15, -0.1) is 0 Å². The van der Waals surface area contributed by atoms with Crippen LogP contribution in [0.4, 0.5) is 6.01 Å². The van der Waals surface area contributed by atoms with Gasteiger partial charge in [-0.1, -0.05) is 17.3 Å². The third-order valence-electron chi connectivity index (χ3n) is 1.90. The highest BCUT2D eigenvalue weighted by atomic mass is 16.5. The quantitative estimate of drug-likeness (QED) is 0.795. The molecule has 0 aliphatic rings. The van der Waals surface area contributed by atoms with Gasteiger partial charge in [0.25, 0.3) is 5.91 Å². The molecule has 0 aliphatic carbocycles. The zero-order chi connectivity index (χ0) is 11.5. The summed E-state index contributed by atoms with van der Waals surface area (Å²) in [5, 5.41) is 15.3. The Kier molecular flexibility index (Phi) is 2.55. The molecule has 1 heterocycles. The van der Waals surface area contributed by atoms with Crippen LogP contribution in [-0.2, 0) is 0 Å². The Morgan fingerprint density at radius 2 is 2.19 bits per heavy atom. The first kappa shape index (κ1) is 10.2. The van der Waals surface area contributed by atoms with Crippen molar-refractivity contribution in [2.45, 2.75) is 6.92 Å². The number of carbonyl (C=O) groups excluding carboxylic acids is 1. The van der Waals surface area contributed by atoms with E-state index in [-0.39, 0.29) is 17.3 Å². The Bertz CT molecular complexity index is 522. The van der Waals surface area contributed by atoms with Gasteiger partial charge in [-0.05, 0) is 19.1 Å². The van der Waals surface area contributed by atoms with Crippen LogP contribution in [0.1, 0.15) is 16.2 Å². The number of nitrogens with one attached hydrogen (secondary N) is 1. The number of benzene rings is 1. The number of aromatic hydroxyl groups is 1. The third-order valence-corrected chi connectivity index (χ3v) is 1.90. The summed E-state index contributed by atoms with van der Waals surface area (Å²) in [6.07, 6.45) is 0. The van der Waals surface area contributed by atoms with Crippen LogP contribution in [-0.4, -0.2) is 21.2 Å². The van der Waals surface area contributed by atoms with Crippen molar-refractivity contribution in [3.8, 4) is 5.75 Å². The number of aryl methyl sites for hydroxylation is 1. The maximum Gasteiger partial charge on any atom is 0.328 e. The number of para-hydroxylation sites is 1. The molecule has 0 saturated carbocycles. The molecule has 0 fully saturated rings. The van der Waals surface area contributed by atoms with Gasteiger partial charge in [-0.2, -0.15) is 4.98 Å². The third kappa shape index (κ3) is 2.00. The van der Waals surface area contributed by atoms with E-state index < -0.39 is 5.91 Å². The number of hydrogen-bond donors (Lipinski definition) is 2. The SMILES string of the molecule is Cc1noc(NC(=O)c2ccccc2O)n1. The van der Waals surface area contributed by atoms with Crippen molar-refractivity contribution in [3.63, 3.8) is 0 Å². The summed E-state index contributed by atoms with van der Waals surface area (Å²) < 4.78 is 4.72. The number of amides is 1. The van der Waals surface area contributed by atoms with Crippen molar-refractivity contribution in [1.82, 2.24) is 10.1 Å². The van der Waals surface area contributed by atoms with Crippen molar-refractivity contribution in [2.24, 2.45) is 0 Å². The molecule has 0 unspecified atom stereocenters. The molecule has 82 valence electrons. The van der Waals surface area contributed by atoms with Crippen molar-refractivity contribution < 1.29 is 14.4 Å². The number of carbonyl (C=O) groups is 1. The summed E-state index contributed by atoms with van der Waals surface area (Å²) >= 11 is 0. The lowest BCUT2D eigenvalue weighted by atomic mass is 10.2. The molecule has 2 aromatic rings. The molecule has 6 nitrogen and oxygen atoms in total. The molecule has 2 N–H and O–H groups in total. The highest BCUT2D eigenvalue weighted by Gasteiger charge is 2.13. The van der Waals surface area contributed by atoms with Gasteiger partial charge >= 0.3 is 6.01 Å². The summed E-state index contributed by atoms with van der Waals surface area (Å²) in [4.78, 5) is 15.5. The molecule has 1 aromatic heterocycles. The van der Waals surface area contributed by atoms with E-state index in [9.17, 15) is 9.90 Å². The smallest absolute Gasteiger partial charge is 0.328 e. The van der Waals surface area contributed by atoms with E-state index in [2.05, 4.69) is 15.5 Å². The van der Waals surface area contributed by atoms with E-state index >= 15 is 0 Å². The normalized spacial score (nSPS) is 10.1. The number of anilines is 1. The number of rotatable bonds is 2. The van der Waals surface area contributed by atoms with Gasteiger partial charge in [-0.3, -0.25) is 10.1 Å². The van der Waals surface area contributed by atoms with E-state index in [0.29, 0.717) is 5.82 Å². The van der Waals surface area contributed by atoms with Crippen LogP contribution in [0.25, 0.3) is 0 Å². The van der Waals surface area contributed by atoms with Gasteiger partial charge in [0.1, 0.15) is 5.75 Å². The van der Waals surface area contributed by atoms with Crippen LogP contribution in [0.3, 0.4) is 0 Å². The fourth-order valence-electron chi connectivity index (χ4n) is 1.18. The average Bonchev–Trinajstić information content (AvgIpc) is 2.64. The minimum atomic E-state index is -0.498. The second kappa shape index (κ2) is 4.01. The molecule has 1 amide bonds. The van der Waals surface area contributed by atoms with Crippen LogP contribution in [0.5, 0.6) is 5.75 Å². The fraction of sp³-hybridized carbons (Fsp3) is 0.100. The second-order valence-corrected chi connectivity index (χ2v) is 3.12. The monoisotopic (exact) mass is 219 g/mol. The molecule has 16 heavy (non-hydrogen) atoms. The molecule has 2 rings (SSSR count). The molecule has 0 saturated heterocycles. The van der Waals surface area contributed by atoms with E-state index in [1.54, 1.807) is 19.1 Å². The van der Waals surface area contributed by atoms with Gasteiger partial charge in [0.15, 0.2) is 5.82 Å². The highest BCUT2D eigenvalue weighted by Crippen LogP contribution is 2.16. The van der Waals surface area contributed by atoms with Crippen LogP contribution in [0.15, 0.2) is 28.8 Å². The zero-order valence-corrected chi connectivity index (χ0v) is 8.47. The van der Waals surface area contributed by atoms with Crippen molar-refractivity contribution in [1.29, 1.82) is 0 Å². The van der Waals surface area contributed by atoms with Gasteiger partial charge in [0, 0.05) is 0 Å². The Hall–Kier alpha value is -2.37. The van der Waals surface area contributed by atoms with E-state index in [1.165, 1.54) is 12.1 Å². The maximum absolute atomic E-state index is 11.6. The molecule has 6 heteroatoms. The molecular weight excluding hydrogens is 210 g/mol. The number of hydrogen-bond acceptors (Lipinski definition) is 5. The number of phenols is 1. The lowest BCUT2D eigenvalue weighted by molar-refractivity contribution is 0.102. The summed E-state index contributed by atoms with van der Waals surface area (Å²) in [5.74, 6) is -0.175. The maximum atomic E-state index is 11.6. The lowest BCUT2D eigenvalue weighted by Gasteiger charge is -2.01. The molecule has 0 bridgehead atoms. The number of phenolic OH excluding ortho intramolecular Hbond substituents is 1. The van der Waals surface area contributed by atoms with Crippen molar-refractivity contribution in [2.75, 3.05) is 5.32 Å². The largest absolute Gasteiger partial charge is 0.507 e. The number of aromatic nitrogens is 2. The molecule has 0 spiro atoms. The van der Waals surface area contributed by atoms with Gasteiger partial charge in [0.05, 0.1) is 5.56 Å². The molecule has 1 aromatic carbocycles. The first-order valence-corrected chi connectivity index (χ1v) is 4.56. The minimum Gasteiger partial charge on any atom is -0.507 e. The second-order valence-electron chi connectivity index (χ2n) is 3.12. The summed E-state index contributed by atoms with van der Waals surface area (Å²) in [6.45, 7) is 1.64. The first-order valence-electron chi connectivity index (χ1n) is 4.56.